The third-order valence-electron chi connectivity index (χ3n) is 1.92. The fourth-order valence-electron chi connectivity index (χ4n) is 1.24. The van der Waals surface area contributed by atoms with Gasteiger partial charge in [-0.2, -0.15) is 0 Å². The molecule has 0 aliphatic heterocycles. The number of hydrogen-bond donors (Lipinski definition) is 0. The highest BCUT2D eigenvalue weighted by Gasteiger charge is 2.10. The van der Waals surface area contributed by atoms with Crippen molar-refractivity contribution in [1.82, 2.24) is 0 Å². The quantitative estimate of drug-likeness (QED) is 0.576. The molecule has 3 nitrogen and oxygen atoms in total. The number of benzene rings is 1. The average molecular weight is 218 g/mol. The standard InChI is InChI=1S/C13H14O3/c1-5-10-6-7-11(13(14)15-4)8-12(10)16-9(2)3/h1,6-9H,2-4H3. The van der Waals surface area contributed by atoms with Crippen molar-refractivity contribution >= 4 is 5.97 Å². The van der Waals surface area contributed by atoms with E-state index in [1.54, 1.807) is 18.2 Å². The molecule has 1 rings (SSSR count). The molecule has 0 aliphatic carbocycles. The second-order valence-electron chi connectivity index (χ2n) is 3.51. The molecule has 1 aromatic rings. The molecule has 0 fully saturated rings. The van der Waals surface area contributed by atoms with Crippen LogP contribution in [0.25, 0.3) is 0 Å². The number of esters is 1. The van der Waals surface area contributed by atoms with Gasteiger partial charge in [-0.05, 0) is 32.0 Å². The number of rotatable bonds is 3. The van der Waals surface area contributed by atoms with Gasteiger partial charge in [-0.1, -0.05) is 5.92 Å². The highest BCUT2D eigenvalue weighted by atomic mass is 16.5. The Balaban J connectivity index is 3.12. The van der Waals surface area contributed by atoms with E-state index < -0.39 is 5.97 Å². The van der Waals surface area contributed by atoms with Gasteiger partial charge < -0.3 is 9.47 Å². The normalized spacial score (nSPS) is 9.69. The minimum Gasteiger partial charge on any atom is -0.490 e. The second-order valence-corrected chi connectivity index (χ2v) is 3.51. The molecule has 0 amide bonds. The van der Waals surface area contributed by atoms with Crippen molar-refractivity contribution in [3.63, 3.8) is 0 Å². The Bertz CT molecular complexity index is 427. The highest BCUT2D eigenvalue weighted by molar-refractivity contribution is 5.90. The van der Waals surface area contributed by atoms with E-state index in [2.05, 4.69) is 10.7 Å². The Morgan fingerprint density at radius 2 is 2.12 bits per heavy atom. The van der Waals surface area contributed by atoms with Crippen LogP contribution in [0.5, 0.6) is 5.75 Å². The Labute approximate surface area is 95.4 Å². The molecule has 0 heterocycles. The predicted molar refractivity (Wildman–Crippen MR) is 61.5 cm³/mol. The third-order valence-corrected chi connectivity index (χ3v) is 1.92. The maximum atomic E-state index is 11.3. The number of methoxy groups -OCH3 is 1. The Morgan fingerprint density at radius 3 is 2.62 bits per heavy atom. The van der Waals surface area contributed by atoms with Crippen LogP contribution in [-0.4, -0.2) is 19.2 Å². The monoisotopic (exact) mass is 218 g/mol. The molecule has 0 saturated carbocycles. The molecule has 3 heteroatoms. The molecule has 0 aliphatic rings. The summed E-state index contributed by atoms with van der Waals surface area (Å²) < 4.78 is 10.1. The lowest BCUT2D eigenvalue weighted by atomic mass is 10.1. The number of carbonyl (C=O) groups excluding carboxylic acids is 1. The van der Waals surface area contributed by atoms with Gasteiger partial charge in [0.15, 0.2) is 0 Å². The summed E-state index contributed by atoms with van der Waals surface area (Å²) >= 11 is 0. The summed E-state index contributed by atoms with van der Waals surface area (Å²) in [7, 11) is 1.33. The number of hydrogen-bond acceptors (Lipinski definition) is 3. The first-order valence-electron chi connectivity index (χ1n) is 4.94. The van der Waals surface area contributed by atoms with Crippen LogP contribution in [0, 0.1) is 12.3 Å². The minimum atomic E-state index is -0.405. The summed E-state index contributed by atoms with van der Waals surface area (Å²) in [6, 6.07) is 4.89. The predicted octanol–water partition coefficient (Wildman–Crippen LogP) is 2.24. The van der Waals surface area contributed by atoms with E-state index in [0.29, 0.717) is 16.9 Å². The van der Waals surface area contributed by atoms with E-state index in [1.165, 1.54) is 7.11 Å². The van der Waals surface area contributed by atoms with Crippen molar-refractivity contribution in [3.05, 3.63) is 29.3 Å². The van der Waals surface area contributed by atoms with Gasteiger partial charge in [0.05, 0.1) is 24.3 Å². The summed E-state index contributed by atoms with van der Waals surface area (Å²) in [5.74, 6) is 2.63. The Hall–Kier alpha value is -1.95. The molecular formula is C13H14O3. The first-order valence-corrected chi connectivity index (χ1v) is 4.94. The molecule has 0 bridgehead atoms. The van der Waals surface area contributed by atoms with Gasteiger partial charge in [-0.15, -0.1) is 6.42 Å². The smallest absolute Gasteiger partial charge is 0.337 e. The zero-order valence-electron chi connectivity index (χ0n) is 9.61. The van der Waals surface area contributed by atoms with Crippen LogP contribution < -0.4 is 4.74 Å². The number of ether oxygens (including phenoxy) is 2. The summed E-state index contributed by atoms with van der Waals surface area (Å²) in [6.45, 7) is 3.79. The summed E-state index contributed by atoms with van der Waals surface area (Å²) in [5, 5.41) is 0. The van der Waals surface area contributed by atoms with Gasteiger partial charge in [0.1, 0.15) is 5.75 Å². The van der Waals surface area contributed by atoms with E-state index >= 15 is 0 Å². The molecule has 0 N–H and O–H groups in total. The van der Waals surface area contributed by atoms with Gasteiger partial charge in [-0.25, -0.2) is 4.79 Å². The maximum Gasteiger partial charge on any atom is 0.337 e. The lowest BCUT2D eigenvalue weighted by Crippen LogP contribution is -2.08. The third kappa shape index (κ3) is 2.77. The topological polar surface area (TPSA) is 35.5 Å². The van der Waals surface area contributed by atoms with Gasteiger partial charge >= 0.3 is 5.97 Å². The van der Waals surface area contributed by atoms with Gasteiger partial charge in [0, 0.05) is 0 Å². The second kappa shape index (κ2) is 5.22. The zero-order valence-corrected chi connectivity index (χ0v) is 9.61. The van der Waals surface area contributed by atoms with Crippen molar-refractivity contribution in [2.24, 2.45) is 0 Å². The first-order chi connectivity index (χ1) is 7.58. The summed E-state index contributed by atoms with van der Waals surface area (Å²) in [6.07, 6.45) is 5.34. The molecule has 0 saturated heterocycles. The van der Waals surface area contributed by atoms with Crippen LogP contribution in [-0.2, 0) is 4.74 Å². The molecular weight excluding hydrogens is 204 g/mol. The van der Waals surface area contributed by atoms with E-state index in [9.17, 15) is 4.79 Å². The van der Waals surface area contributed by atoms with Crippen LogP contribution in [0.3, 0.4) is 0 Å². The summed E-state index contributed by atoms with van der Waals surface area (Å²) in [5.41, 5.74) is 1.05. The van der Waals surface area contributed by atoms with Crippen LogP contribution >= 0.6 is 0 Å². The van der Waals surface area contributed by atoms with Crippen LogP contribution in [0.15, 0.2) is 18.2 Å². The van der Waals surface area contributed by atoms with Crippen molar-refractivity contribution in [3.8, 4) is 18.1 Å². The number of carbonyl (C=O) groups is 1. The zero-order chi connectivity index (χ0) is 12.1. The molecule has 1 aromatic carbocycles. The van der Waals surface area contributed by atoms with Crippen LogP contribution in [0.2, 0.25) is 0 Å². The molecule has 0 atom stereocenters. The minimum absolute atomic E-state index is 0.00000283. The van der Waals surface area contributed by atoms with Gasteiger partial charge in [0.2, 0.25) is 0 Å². The Kier molecular flexibility index (Phi) is 3.96. The fraction of sp³-hybridized carbons (Fsp3) is 0.308. The van der Waals surface area contributed by atoms with E-state index in [-0.39, 0.29) is 6.10 Å². The molecule has 16 heavy (non-hydrogen) atoms. The lowest BCUT2D eigenvalue weighted by Gasteiger charge is -2.12. The lowest BCUT2D eigenvalue weighted by molar-refractivity contribution is 0.0600. The fourth-order valence-corrected chi connectivity index (χ4v) is 1.24. The molecule has 0 spiro atoms. The molecule has 0 unspecified atom stereocenters. The van der Waals surface area contributed by atoms with Gasteiger partial charge in [0.25, 0.3) is 0 Å². The Morgan fingerprint density at radius 1 is 1.44 bits per heavy atom. The first kappa shape index (κ1) is 12.1. The molecule has 0 radical (unpaired) electrons. The van der Waals surface area contributed by atoms with Gasteiger partial charge in [-0.3, -0.25) is 0 Å². The van der Waals surface area contributed by atoms with Crippen molar-refractivity contribution in [2.75, 3.05) is 7.11 Å². The maximum absolute atomic E-state index is 11.3. The van der Waals surface area contributed by atoms with Crippen molar-refractivity contribution < 1.29 is 14.3 Å². The van der Waals surface area contributed by atoms with E-state index in [4.69, 9.17) is 11.2 Å². The largest absolute Gasteiger partial charge is 0.490 e. The van der Waals surface area contributed by atoms with Crippen LogP contribution in [0.4, 0.5) is 0 Å². The molecule has 84 valence electrons. The van der Waals surface area contributed by atoms with E-state index in [0.717, 1.165) is 0 Å². The molecule has 0 aromatic heterocycles. The van der Waals surface area contributed by atoms with E-state index in [1.807, 2.05) is 13.8 Å². The summed E-state index contributed by atoms with van der Waals surface area (Å²) in [4.78, 5) is 11.3. The number of terminal acetylenes is 1. The SMILES string of the molecule is C#Cc1ccc(C(=O)OC)cc1OC(C)C. The average Bonchev–Trinajstić information content (AvgIpc) is 2.27. The highest BCUT2D eigenvalue weighted by Crippen LogP contribution is 2.21. The van der Waals surface area contributed by atoms with Crippen LogP contribution in [0.1, 0.15) is 29.8 Å². The van der Waals surface area contributed by atoms with Crippen molar-refractivity contribution in [2.45, 2.75) is 20.0 Å². The van der Waals surface area contributed by atoms with Crippen molar-refractivity contribution in [1.29, 1.82) is 0 Å².